The molecule has 1 aromatic rings. The maximum Gasteiger partial charge on any atom is 0.287 e. The van der Waals surface area contributed by atoms with E-state index in [9.17, 15) is 4.79 Å². The minimum absolute atomic E-state index is 0.00133. The molecule has 0 saturated heterocycles. The molecule has 0 aliphatic carbocycles. The zero-order valence-electron chi connectivity index (χ0n) is 8.83. The molecule has 6 heteroatoms. The SMILES string of the molecule is CC(C)n1ncc(NCCN)c(Cl)c1=O. The molecule has 0 amide bonds. The van der Waals surface area contributed by atoms with Crippen LogP contribution in [0.15, 0.2) is 11.0 Å². The minimum Gasteiger partial charge on any atom is -0.381 e. The van der Waals surface area contributed by atoms with Gasteiger partial charge >= 0.3 is 0 Å². The lowest BCUT2D eigenvalue weighted by atomic mass is 10.4. The number of hydrogen-bond acceptors (Lipinski definition) is 4. The van der Waals surface area contributed by atoms with Crippen LogP contribution in [-0.4, -0.2) is 22.9 Å². The smallest absolute Gasteiger partial charge is 0.287 e. The Bertz CT molecular complexity index is 388. The van der Waals surface area contributed by atoms with Crippen LogP contribution in [-0.2, 0) is 0 Å². The number of aromatic nitrogens is 2. The van der Waals surface area contributed by atoms with Crippen LogP contribution in [0, 0.1) is 0 Å². The van der Waals surface area contributed by atoms with Gasteiger partial charge in [0, 0.05) is 13.1 Å². The topological polar surface area (TPSA) is 72.9 Å². The fourth-order valence-corrected chi connectivity index (χ4v) is 1.34. The molecule has 1 heterocycles. The van der Waals surface area contributed by atoms with E-state index in [0.717, 1.165) is 0 Å². The van der Waals surface area contributed by atoms with Gasteiger partial charge in [0.2, 0.25) is 0 Å². The molecular weight excluding hydrogens is 216 g/mol. The summed E-state index contributed by atoms with van der Waals surface area (Å²) in [5.41, 5.74) is 5.58. The Morgan fingerprint density at radius 2 is 2.33 bits per heavy atom. The van der Waals surface area contributed by atoms with Crippen LogP contribution in [0.4, 0.5) is 5.69 Å². The van der Waals surface area contributed by atoms with E-state index in [-0.39, 0.29) is 16.6 Å². The van der Waals surface area contributed by atoms with Crippen molar-refractivity contribution < 1.29 is 0 Å². The first-order chi connectivity index (χ1) is 7.07. The molecule has 0 radical (unpaired) electrons. The largest absolute Gasteiger partial charge is 0.381 e. The summed E-state index contributed by atoms with van der Waals surface area (Å²) in [6, 6.07) is -0.00133. The van der Waals surface area contributed by atoms with Crippen molar-refractivity contribution in [3.63, 3.8) is 0 Å². The lowest BCUT2D eigenvalue weighted by Crippen LogP contribution is -2.26. The van der Waals surface area contributed by atoms with Crippen LogP contribution in [0.25, 0.3) is 0 Å². The van der Waals surface area contributed by atoms with Gasteiger partial charge in [-0.1, -0.05) is 11.6 Å². The molecule has 0 bridgehead atoms. The van der Waals surface area contributed by atoms with Crippen LogP contribution in [0.3, 0.4) is 0 Å². The van der Waals surface area contributed by atoms with E-state index in [0.29, 0.717) is 18.8 Å². The Hall–Kier alpha value is -1.07. The van der Waals surface area contributed by atoms with Crippen molar-refractivity contribution in [2.75, 3.05) is 18.4 Å². The molecule has 15 heavy (non-hydrogen) atoms. The summed E-state index contributed by atoms with van der Waals surface area (Å²) in [5.74, 6) is 0. The lowest BCUT2D eigenvalue weighted by Gasteiger charge is -2.11. The molecule has 0 spiro atoms. The average molecular weight is 231 g/mol. The van der Waals surface area contributed by atoms with Crippen LogP contribution in [0.1, 0.15) is 19.9 Å². The van der Waals surface area contributed by atoms with Crippen LogP contribution >= 0.6 is 11.6 Å². The van der Waals surface area contributed by atoms with E-state index < -0.39 is 0 Å². The summed E-state index contributed by atoms with van der Waals surface area (Å²) in [5, 5.41) is 7.10. The van der Waals surface area contributed by atoms with Crippen molar-refractivity contribution in [1.82, 2.24) is 9.78 Å². The predicted octanol–water partition coefficient (Wildman–Crippen LogP) is 0.848. The van der Waals surface area contributed by atoms with Gasteiger partial charge in [0.1, 0.15) is 5.02 Å². The summed E-state index contributed by atoms with van der Waals surface area (Å²) in [4.78, 5) is 11.7. The summed E-state index contributed by atoms with van der Waals surface area (Å²) in [7, 11) is 0. The molecule has 0 fully saturated rings. The average Bonchev–Trinajstić information content (AvgIpc) is 2.20. The second-order valence-electron chi connectivity index (χ2n) is 3.43. The number of halogens is 1. The molecule has 0 aliphatic rings. The summed E-state index contributed by atoms with van der Waals surface area (Å²) < 4.78 is 1.34. The zero-order valence-corrected chi connectivity index (χ0v) is 9.58. The quantitative estimate of drug-likeness (QED) is 0.804. The van der Waals surface area contributed by atoms with E-state index in [4.69, 9.17) is 17.3 Å². The zero-order chi connectivity index (χ0) is 11.4. The highest BCUT2D eigenvalue weighted by molar-refractivity contribution is 6.32. The third kappa shape index (κ3) is 2.70. The fourth-order valence-electron chi connectivity index (χ4n) is 1.14. The van der Waals surface area contributed by atoms with E-state index in [1.165, 1.54) is 4.68 Å². The number of nitrogens with zero attached hydrogens (tertiary/aromatic N) is 2. The Labute approximate surface area is 93.2 Å². The molecule has 1 rings (SSSR count). The van der Waals surface area contributed by atoms with Gasteiger partial charge in [-0.3, -0.25) is 4.79 Å². The predicted molar refractivity (Wildman–Crippen MR) is 61.4 cm³/mol. The van der Waals surface area contributed by atoms with Crippen molar-refractivity contribution in [1.29, 1.82) is 0 Å². The van der Waals surface area contributed by atoms with Crippen LogP contribution in [0.2, 0.25) is 5.02 Å². The summed E-state index contributed by atoms with van der Waals surface area (Å²) in [6.45, 7) is 4.78. The van der Waals surface area contributed by atoms with E-state index in [1.807, 2.05) is 13.8 Å². The van der Waals surface area contributed by atoms with Gasteiger partial charge in [-0.05, 0) is 13.8 Å². The molecule has 0 unspecified atom stereocenters. The first-order valence-corrected chi connectivity index (χ1v) is 5.17. The summed E-state index contributed by atoms with van der Waals surface area (Å²) in [6.07, 6.45) is 1.54. The van der Waals surface area contributed by atoms with Crippen molar-refractivity contribution >= 4 is 17.3 Å². The Kier molecular flexibility index (Phi) is 4.11. The number of anilines is 1. The Morgan fingerprint density at radius 3 is 2.87 bits per heavy atom. The normalized spacial score (nSPS) is 10.7. The maximum atomic E-state index is 11.7. The molecule has 3 N–H and O–H groups in total. The highest BCUT2D eigenvalue weighted by Crippen LogP contribution is 2.15. The number of nitrogens with two attached hydrogens (primary N) is 1. The van der Waals surface area contributed by atoms with Crippen molar-refractivity contribution in [2.45, 2.75) is 19.9 Å². The van der Waals surface area contributed by atoms with Crippen molar-refractivity contribution in [3.8, 4) is 0 Å². The van der Waals surface area contributed by atoms with Gasteiger partial charge in [0.05, 0.1) is 17.9 Å². The number of hydrogen-bond donors (Lipinski definition) is 2. The minimum atomic E-state index is -0.284. The van der Waals surface area contributed by atoms with E-state index >= 15 is 0 Å². The van der Waals surface area contributed by atoms with Gasteiger partial charge in [-0.2, -0.15) is 5.10 Å². The van der Waals surface area contributed by atoms with E-state index in [2.05, 4.69) is 10.4 Å². The second kappa shape index (κ2) is 5.14. The highest BCUT2D eigenvalue weighted by atomic mass is 35.5. The highest BCUT2D eigenvalue weighted by Gasteiger charge is 2.10. The molecule has 1 aromatic heterocycles. The first-order valence-electron chi connectivity index (χ1n) is 4.79. The van der Waals surface area contributed by atoms with Gasteiger partial charge in [-0.15, -0.1) is 0 Å². The maximum absolute atomic E-state index is 11.7. The van der Waals surface area contributed by atoms with Crippen LogP contribution in [0.5, 0.6) is 0 Å². The lowest BCUT2D eigenvalue weighted by molar-refractivity contribution is 0.503. The molecular formula is C9H15ClN4O. The molecule has 84 valence electrons. The van der Waals surface area contributed by atoms with Crippen molar-refractivity contribution in [2.24, 2.45) is 5.73 Å². The molecule has 0 aliphatic heterocycles. The molecule has 0 aromatic carbocycles. The Balaban J connectivity index is 3.05. The summed E-state index contributed by atoms with van der Waals surface area (Å²) >= 11 is 5.90. The van der Waals surface area contributed by atoms with Gasteiger partial charge in [0.25, 0.3) is 5.56 Å². The third-order valence-corrected chi connectivity index (χ3v) is 2.26. The van der Waals surface area contributed by atoms with Gasteiger partial charge in [0.15, 0.2) is 0 Å². The third-order valence-electron chi connectivity index (χ3n) is 1.89. The standard InChI is InChI=1S/C9H15ClN4O/c1-6(2)14-9(15)8(10)7(5-13-14)12-4-3-11/h5-6,12H,3-4,11H2,1-2H3. The number of nitrogens with one attached hydrogen (secondary N) is 1. The van der Waals surface area contributed by atoms with E-state index in [1.54, 1.807) is 6.20 Å². The van der Waals surface area contributed by atoms with Gasteiger partial charge in [-0.25, -0.2) is 4.68 Å². The van der Waals surface area contributed by atoms with Crippen LogP contribution < -0.4 is 16.6 Å². The monoisotopic (exact) mass is 230 g/mol. The molecule has 5 nitrogen and oxygen atoms in total. The van der Waals surface area contributed by atoms with Crippen molar-refractivity contribution in [3.05, 3.63) is 21.6 Å². The molecule has 0 saturated carbocycles. The fraction of sp³-hybridized carbons (Fsp3) is 0.556. The van der Waals surface area contributed by atoms with Gasteiger partial charge < -0.3 is 11.1 Å². The Morgan fingerprint density at radius 1 is 1.67 bits per heavy atom. The molecule has 0 atom stereocenters. The number of rotatable bonds is 4. The first kappa shape index (κ1) is 12.0. The second-order valence-corrected chi connectivity index (χ2v) is 3.81.